The Morgan fingerprint density at radius 3 is 2.71 bits per heavy atom. The van der Waals surface area contributed by atoms with E-state index in [2.05, 4.69) is 15.3 Å². The zero-order valence-corrected chi connectivity index (χ0v) is 15.2. The van der Waals surface area contributed by atoms with Gasteiger partial charge in [0.05, 0.1) is 0 Å². The van der Waals surface area contributed by atoms with E-state index in [-0.39, 0.29) is 11.1 Å². The first-order chi connectivity index (χ1) is 11.5. The minimum atomic E-state index is -0.287. The Hall–Kier alpha value is -1.66. The standard InChI is InChI=1S/C16H10Cl3N3OS/c17-11-2-1-9(13(18)7-11)5-12-8-21-16(24-12)22-15(23)10-3-4-20-14(19)6-10/h1-4,6-8H,5H2,(H,21,22,23). The lowest BCUT2D eigenvalue weighted by atomic mass is 10.1. The largest absolute Gasteiger partial charge is 0.298 e. The van der Waals surface area contributed by atoms with Crippen molar-refractivity contribution in [1.29, 1.82) is 0 Å². The number of carbonyl (C=O) groups is 1. The van der Waals surface area contributed by atoms with Gasteiger partial charge in [-0.05, 0) is 29.8 Å². The van der Waals surface area contributed by atoms with Crippen LogP contribution in [-0.2, 0) is 6.42 Å². The number of rotatable bonds is 4. The molecule has 0 aliphatic rings. The SMILES string of the molecule is O=C(Nc1ncc(Cc2ccc(Cl)cc2Cl)s1)c1ccnc(Cl)c1. The molecule has 1 aromatic carbocycles. The van der Waals surface area contributed by atoms with E-state index >= 15 is 0 Å². The van der Waals surface area contributed by atoms with Gasteiger partial charge in [-0.15, -0.1) is 11.3 Å². The van der Waals surface area contributed by atoms with Crippen molar-refractivity contribution in [3.63, 3.8) is 0 Å². The molecule has 24 heavy (non-hydrogen) atoms. The number of anilines is 1. The number of pyridine rings is 1. The average Bonchev–Trinajstić information content (AvgIpc) is 2.97. The highest BCUT2D eigenvalue weighted by atomic mass is 35.5. The molecule has 0 saturated heterocycles. The lowest BCUT2D eigenvalue weighted by Crippen LogP contribution is -2.11. The topological polar surface area (TPSA) is 54.9 Å². The Balaban J connectivity index is 1.70. The Bertz CT molecular complexity index is 898. The van der Waals surface area contributed by atoms with Crippen LogP contribution < -0.4 is 5.32 Å². The van der Waals surface area contributed by atoms with Crippen LogP contribution >= 0.6 is 46.1 Å². The van der Waals surface area contributed by atoms with E-state index in [1.165, 1.54) is 23.6 Å². The third-order valence-corrected chi connectivity index (χ3v) is 4.85. The van der Waals surface area contributed by atoms with Crippen LogP contribution in [0.1, 0.15) is 20.8 Å². The molecule has 122 valence electrons. The number of hydrogen-bond acceptors (Lipinski definition) is 4. The van der Waals surface area contributed by atoms with Crippen molar-refractivity contribution in [2.75, 3.05) is 5.32 Å². The third-order valence-electron chi connectivity index (χ3n) is 3.14. The molecule has 3 aromatic rings. The predicted octanol–water partition coefficient (Wildman–Crippen LogP) is 5.34. The second kappa shape index (κ2) is 7.49. The summed E-state index contributed by atoms with van der Waals surface area (Å²) in [5.41, 5.74) is 1.37. The van der Waals surface area contributed by atoms with E-state index < -0.39 is 0 Å². The summed E-state index contributed by atoms with van der Waals surface area (Å²) in [4.78, 5) is 21.2. The highest BCUT2D eigenvalue weighted by molar-refractivity contribution is 7.15. The van der Waals surface area contributed by atoms with Gasteiger partial charge in [-0.1, -0.05) is 40.9 Å². The molecular formula is C16H10Cl3N3OS. The fourth-order valence-corrected chi connectivity index (χ4v) is 3.49. The Kier molecular flexibility index (Phi) is 5.36. The van der Waals surface area contributed by atoms with E-state index in [1.807, 2.05) is 6.07 Å². The summed E-state index contributed by atoms with van der Waals surface area (Å²) in [6, 6.07) is 8.46. The first-order valence-corrected chi connectivity index (χ1v) is 8.78. The number of nitrogens with zero attached hydrogens (tertiary/aromatic N) is 2. The van der Waals surface area contributed by atoms with Crippen molar-refractivity contribution in [3.05, 3.63) is 73.9 Å². The second-order valence-corrected chi connectivity index (χ2v) is 7.21. The molecule has 0 aliphatic carbocycles. The smallest absolute Gasteiger partial charge is 0.257 e. The lowest BCUT2D eigenvalue weighted by molar-refractivity contribution is 0.102. The summed E-state index contributed by atoms with van der Waals surface area (Å²) in [5.74, 6) is -0.287. The molecule has 0 fully saturated rings. The minimum Gasteiger partial charge on any atom is -0.298 e. The average molecular weight is 399 g/mol. The van der Waals surface area contributed by atoms with Gasteiger partial charge in [-0.3, -0.25) is 10.1 Å². The lowest BCUT2D eigenvalue weighted by Gasteiger charge is -2.03. The molecule has 0 spiro atoms. The van der Waals surface area contributed by atoms with Crippen molar-refractivity contribution in [3.8, 4) is 0 Å². The van der Waals surface area contributed by atoms with Crippen LogP contribution in [-0.4, -0.2) is 15.9 Å². The summed E-state index contributed by atoms with van der Waals surface area (Å²) in [6.45, 7) is 0. The monoisotopic (exact) mass is 397 g/mol. The van der Waals surface area contributed by atoms with Crippen molar-refractivity contribution < 1.29 is 4.79 Å². The predicted molar refractivity (Wildman–Crippen MR) is 98.6 cm³/mol. The van der Waals surface area contributed by atoms with Crippen LogP contribution in [0, 0.1) is 0 Å². The molecular weight excluding hydrogens is 389 g/mol. The first-order valence-electron chi connectivity index (χ1n) is 6.83. The van der Waals surface area contributed by atoms with Crippen molar-refractivity contribution in [2.24, 2.45) is 0 Å². The summed E-state index contributed by atoms with van der Waals surface area (Å²) >= 11 is 19.2. The number of aromatic nitrogens is 2. The molecule has 0 unspecified atom stereocenters. The van der Waals surface area contributed by atoms with Gasteiger partial charge in [0, 0.05) is 39.3 Å². The molecule has 0 saturated carbocycles. The number of benzene rings is 1. The maximum absolute atomic E-state index is 12.2. The molecule has 0 atom stereocenters. The van der Waals surface area contributed by atoms with Crippen molar-refractivity contribution in [1.82, 2.24) is 9.97 Å². The Morgan fingerprint density at radius 1 is 1.12 bits per heavy atom. The summed E-state index contributed by atoms with van der Waals surface area (Å²) < 4.78 is 0. The molecule has 0 radical (unpaired) electrons. The molecule has 4 nitrogen and oxygen atoms in total. The van der Waals surface area contributed by atoms with E-state index in [9.17, 15) is 4.79 Å². The normalized spacial score (nSPS) is 10.6. The molecule has 0 bridgehead atoms. The molecule has 1 amide bonds. The fourth-order valence-electron chi connectivity index (χ4n) is 2.01. The first kappa shape index (κ1) is 17.2. The van der Waals surface area contributed by atoms with Crippen LogP contribution in [0.5, 0.6) is 0 Å². The quantitative estimate of drug-likeness (QED) is 0.603. The maximum Gasteiger partial charge on any atom is 0.257 e. The Labute approximate surface area is 157 Å². The van der Waals surface area contributed by atoms with E-state index in [4.69, 9.17) is 34.8 Å². The third kappa shape index (κ3) is 4.24. The van der Waals surface area contributed by atoms with Gasteiger partial charge in [0.2, 0.25) is 0 Å². The van der Waals surface area contributed by atoms with Crippen molar-refractivity contribution in [2.45, 2.75) is 6.42 Å². The summed E-state index contributed by atoms with van der Waals surface area (Å²) in [7, 11) is 0. The fraction of sp³-hybridized carbons (Fsp3) is 0.0625. The summed E-state index contributed by atoms with van der Waals surface area (Å²) in [6.07, 6.45) is 3.81. The molecule has 2 aromatic heterocycles. The number of halogens is 3. The molecule has 2 heterocycles. The van der Waals surface area contributed by atoms with Gasteiger partial charge >= 0.3 is 0 Å². The van der Waals surface area contributed by atoms with Crippen LogP contribution in [0.15, 0.2) is 42.7 Å². The van der Waals surface area contributed by atoms with Gasteiger partial charge in [-0.25, -0.2) is 9.97 Å². The van der Waals surface area contributed by atoms with E-state index in [0.29, 0.717) is 27.2 Å². The van der Waals surface area contributed by atoms with Crippen molar-refractivity contribution >= 4 is 57.2 Å². The van der Waals surface area contributed by atoms with Gasteiger partial charge in [0.1, 0.15) is 5.15 Å². The van der Waals surface area contributed by atoms with Gasteiger partial charge in [0.25, 0.3) is 5.91 Å². The maximum atomic E-state index is 12.2. The Morgan fingerprint density at radius 2 is 1.96 bits per heavy atom. The molecule has 3 rings (SSSR count). The van der Waals surface area contributed by atoms with Crippen LogP contribution in [0.2, 0.25) is 15.2 Å². The minimum absolute atomic E-state index is 0.264. The summed E-state index contributed by atoms with van der Waals surface area (Å²) in [5, 5.41) is 4.71. The number of amides is 1. The zero-order chi connectivity index (χ0) is 17.1. The van der Waals surface area contributed by atoms with Gasteiger partial charge < -0.3 is 0 Å². The zero-order valence-electron chi connectivity index (χ0n) is 12.1. The highest BCUT2D eigenvalue weighted by Gasteiger charge is 2.11. The second-order valence-electron chi connectivity index (χ2n) is 4.87. The highest BCUT2D eigenvalue weighted by Crippen LogP contribution is 2.27. The van der Waals surface area contributed by atoms with Gasteiger partial charge in [-0.2, -0.15) is 0 Å². The number of hydrogen-bond donors (Lipinski definition) is 1. The molecule has 0 aliphatic heterocycles. The van der Waals surface area contributed by atoms with Crippen LogP contribution in [0.4, 0.5) is 5.13 Å². The van der Waals surface area contributed by atoms with Gasteiger partial charge in [0.15, 0.2) is 5.13 Å². The van der Waals surface area contributed by atoms with Crippen LogP contribution in [0.25, 0.3) is 0 Å². The molecule has 8 heteroatoms. The number of carbonyl (C=O) groups excluding carboxylic acids is 1. The van der Waals surface area contributed by atoms with E-state index in [0.717, 1.165) is 10.4 Å². The molecule has 1 N–H and O–H groups in total. The number of thiazole rings is 1. The van der Waals surface area contributed by atoms with E-state index in [1.54, 1.807) is 24.4 Å². The van der Waals surface area contributed by atoms with Crippen LogP contribution in [0.3, 0.4) is 0 Å². The number of nitrogens with one attached hydrogen (secondary N) is 1.